The molecular formula is C14H15ClN2O. The smallest absolute Gasteiger partial charge is 0.137 e. The van der Waals surface area contributed by atoms with Crippen molar-refractivity contribution in [3.05, 3.63) is 52.6 Å². The Balaban J connectivity index is 1.88. The molecule has 2 heterocycles. The molecule has 0 bridgehead atoms. The average molecular weight is 263 g/mol. The van der Waals surface area contributed by atoms with Gasteiger partial charge >= 0.3 is 0 Å². The van der Waals surface area contributed by atoms with E-state index in [0.29, 0.717) is 6.42 Å². The van der Waals surface area contributed by atoms with Crippen LogP contribution in [0.15, 0.2) is 30.5 Å². The van der Waals surface area contributed by atoms with E-state index in [1.165, 1.54) is 0 Å². The van der Waals surface area contributed by atoms with Gasteiger partial charge in [0, 0.05) is 24.2 Å². The largest absolute Gasteiger partial charge is 0.385 e. The molecule has 1 aliphatic rings. The minimum atomic E-state index is -0.418. The molecule has 94 valence electrons. The quantitative estimate of drug-likeness (QED) is 0.904. The SMILES string of the molecule is OC1CCCn2cc(Cc3ccccc3Cl)nc21. The van der Waals surface area contributed by atoms with Gasteiger partial charge in [0.2, 0.25) is 0 Å². The minimum absolute atomic E-state index is 0.418. The van der Waals surface area contributed by atoms with Crippen molar-refractivity contribution in [3.8, 4) is 0 Å². The number of rotatable bonds is 2. The van der Waals surface area contributed by atoms with Gasteiger partial charge in [-0.3, -0.25) is 0 Å². The van der Waals surface area contributed by atoms with Gasteiger partial charge in [0.15, 0.2) is 0 Å². The minimum Gasteiger partial charge on any atom is -0.385 e. The van der Waals surface area contributed by atoms with E-state index in [1.54, 1.807) is 0 Å². The molecule has 0 aliphatic carbocycles. The standard InChI is InChI=1S/C14H15ClN2O/c15-12-5-2-1-4-10(12)8-11-9-17-7-3-6-13(18)14(17)16-11/h1-2,4-5,9,13,18H,3,6-8H2. The highest BCUT2D eigenvalue weighted by Gasteiger charge is 2.20. The van der Waals surface area contributed by atoms with Crippen molar-refractivity contribution < 1.29 is 5.11 Å². The predicted molar refractivity (Wildman–Crippen MR) is 70.7 cm³/mol. The number of hydrogen-bond donors (Lipinski definition) is 1. The highest BCUT2D eigenvalue weighted by atomic mass is 35.5. The molecule has 1 N–H and O–H groups in total. The topological polar surface area (TPSA) is 38.0 Å². The summed E-state index contributed by atoms with van der Waals surface area (Å²) < 4.78 is 2.06. The van der Waals surface area contributed by atoms with E-state index >= 15 is 0 Å². The first-order valence-corrected chi connectivity index (χ1v) is 6.59. The van der Waals surface area contributed by atoms with Gasteiger partial charge in [-0.15, -0.1) is 0 Å². The molecule has 3 nitrogen and oxygen atoms in total. The van der Waals surface area contributed by atoms with Crippen LogP contribution in [-0.4, -0.2) is 14.7 Å². The van der Waals surface area contributed by atoms with Crippen LogP contribution in [0.1, 0.15) is 36.0 Å². The van der Waals surface area contributed by atoms with Crippen LogP contribution < -0.4 is 0 Å². The Kier molecular flexibility index (Phi) is 3.10. The van der Waals surface area contributed by atoms with E-state index in [9.17, 15) is 5.11 Å². The number of imidazole rings is 1. The fourth-order valence-corrected chi connectivity index (χ4v) is 2.64. The third kappa shape index (κ3) is 2.16. The first kappa shape index (κ1) is 11.8. The third-order valence-electron chi connectivity index (χ3n) is 3.36. The molecule has 4 heteroatoms. The summed E-state index contributed by atoms with van der Waals surface area (Å²) in [6.45, 7) is 0.946. The summed E-state index contributed by atoms with van der Waals surface area (Å²) >= 11 is 6.15. The average Bonchev–Trinajstić information content (AvgIpc) is 2.76. The number of aliphatic hydroxyl groups excluding tert-OH is 1. The molecule has 3 rings (SSSR count). The fourth-order valence-electron chi connectivity index (χ4n) is 2.44. The van der Waals surface area contributed by atoms with Crippen molar-refractivity contribution in [2.75, 3.05) is 0 Å². The van der Waals surface area contributed by atoms with E-state index in [2.05, 4.69) is 9.55 Å². The molecule has 2 aromatic rings. The van der Waals surface area contributed by atoms with Gasteiger partial charge < -0.3 is 9.67 Å². The maximum atomic E-state index is 9.89. The molecular weight excluding hydrogens is 248 g/mol. The molecule has 1 atom stereocenters. The Morgan fingerprint density at radius 3 is 3.00 bits per heavy atom. The van der Waals surface area contributed by atoms with Crippen LogP contribution in [0.2, 0.25) is 5.02 Å². The molecule has 0 fully saturated rings. The van der Waals surface area contributed by atoms with Crippen LogP contribution in [0.5, 0.6) is 0 Å². The highest BCUT2D eigenvalue weighted by Crippen LogP contribution is 2.25. The molecule has 1 unspecified atom stereocenters. The van der Waals surface area contributed by atoms with Crippen LogP contribution in [0.4, 0.5) is 0 Å². The Bertz CT molecular complexity index is 565. The van der Waals surface area contributed by atoms with Crippen molar-refractivity contribution in [2.45, 2.75) is 31.9 Å². The summed E-state index contributed by atoms with van der Waals surface area (Å²) in [5, 5.41) is 10.7. The van der Waals surface area contributed by atoms with Crippen molar-refractivity contribution in [1.82, 2.24) is 9.55 Å². The van der Waals surface area contributed by atoms with E-state index in [1.807, 2.05) is 30.5 Å². The molecule has 1 aromatic carbocycles. The Hall–Kier alpha value is -1.32. The molecule has 0 amide bonds. The second-order valence-electron chi connectivity index (χ2n) is 4.71. The van der Waals surface area contributed by atoms with Crippen molar-refractivity contribution in [2.24, 2.45) is 0 Å². The lowest BCUT2D eigenvalue weighted by Crippen LogP contribution is -2.14. The maximum Gasteiger partial charge on any atom is 0.137 e. The summed E-state index contributed by atoms with van der Waals surface area (Å²) in [5.41, 5.74) is 2.04. The van der Waals surface area contributed by atoms with E-state index < -0.39 is 6.10 Å². The number of hydrogen-bond acceptors (Lipinski definition) is 2. The van der Waals surface area contributed by atoms with Crippen LogP contribution >= 0.6 is 11.6 Å². The zero-order valence-electron chi connectivity index (χ0n) is 10.0. The summed E-state index contributed by atoms with van der Waals surface area (Å²) in [4.78, 5) is 4.52. The molecule has 1 aromatic heterocycles. The Morgan fingerprint density at radius 2 is 2.22 bits per heavy atom. The Labute approximate surface area is 111 Å². The molecule has 1 aliphatic heterocycles. The summed E-state index contributed by atoms with van der Waals surface area (Å²) in [5.74, 6) is 0.795. The number of aryl methyl sites for hydroxylation is 1. The van der Waals surface area contributed by atoms with Crippen LogP contribution in [0.3, 0.4) is 0 Å². The second kappa shape index (κ2) is 4.75. The van der Waals surface area contributed by atoms with Gasteiger partial charge in [0.05, 0.1) is 5.69 Å². The van der Waals surface area contributed by atoms with Crippen LogP contribution in [-0.2, 0) is 13.0 Å². The predicted octanol–water partition coefficient (Wildman–Crippen LogP) is 2.95. The molecule has 0 radical (unpaired) electrons. The van der Waals surface area contributed by atoms with Crippen LogP contribution in [0, 0.1) is 0 Å². The zero-order chi connectivity index (χ0) is 12.5. The normalized spacial score (nSPS) is 18.7. The van der Waals surface area contributed by atoms with Gasteiger partial charge in [0.1, 0.15) is 11.9 Å². The van der Waals surface area contributed by atoms with Gasteiger partial charge in [0.25, 0.3) is 0 Å². The molecule has 18 heavy (non-hydrogen) atoms. The van der Waals surface area contributed by atoms with Crippen LogP contribution in [0.25, 0.3) is 0 Å². The maximum absolute atomic E-state index is 9.89. The van der Waals surface area contributed by atoms with E-state index in [4.69, 9.17) is 11.6 Å². The monoisotopic (exact) mass is 262 g/mol. The second-order valence-corrected chi connectivity index (χ2v) is 5.12. The lowest BCUT2D eigenvalue weighted by Gasteiger charge is -2.18. The fraction of sp³-hybridized carbons (Fsp3) is 0.357. The van der Waals surface area contributed by atoms with Gasteiger partial charge in [-0.1, -0.05) is 29.8 Å². The first-order valence-electron chi connectivity index (χ1n) is 6.21. The number of halogens is 1. The highest BCUT2D eigenvalue weighted by molar-refractivity contribution is 6.31. The summed E-state index contributed by atoms with van der Waals surface area (Å²) in [6, 6.07) is 7.80. The number of aromatic nitrogens is 2. The molecule has 0 saturated carbocycles. The van der Waals surface area contributed by atoms with Crippen molar-refractivity contribution >= 4 is 11.6 Å². The van der Waals surface area contributed by atoms with Gasteiger partial charge in [-0.25, -0.2) is 4.98 Å². The number of nitrogens with zero attached hydrogens (tertiary/aromatic N) is 2. The lowest BCUT2D eigenvalue weighted by atomic mass is 10.1. The number of benzene rings is 1. The molecule has 0 spiro atoms. The van der Waals surface area contributed by atoms with E-state index in [-0.39, 0.29) is 0 Å². The van der Waals surface area contributed by atoms with E-state index in [0.717, 1.165) is 41.5 Å². The van der Waals surface area contributed by atoms with Gasteiger partial charge in [-0.2, -0.15) is 0 Å². The first-order chi connectivity index (χ1) is 8.74. The Morgan fingerprint density at radius 1 is 1.39 bits per heavy atom. The zero-order valence-corrected chi connectivity index (χ0v) is 10.8. The number of aliphatic hydroxyl groups is 1. The number of fused-ring (bicyclic) bond motifs is 1. The molecule has 0 saturated heterocycles. The third-order valence-corrected chi connectivity index (χ3v) is 3.73. The van der Waals surface area contributed by atoms with Crippen molar-refractivity contribution in [1.29, 1.82) is 0 Å². The summed E-state index contributed by atoms with van der Waals surface area (Å²) in [7, 11) is 0. The lowest BCUT2D eigenvalue weighted by molar-refractivity contribution is 0.133. The summed E-state index contributed by atoms with van der Waals surface area (Å²) in [6.07, 6.45) is 4.14. The van der Waals surface area contributed by atoms with Gasteiger partial charge in [-0.05, 0) is 24.5 Å². The van der Waals surface area contributed by atoms with Crippen molar-refractivity contribution in [3.63, 3.8) is 0 Å².